The number of halogens is 6. The lowest BCUT2D eigenvalue weighted by molar-refractivity contribution is -0.571. The number of rotatable bonds is 4. The van der Waals surface area contributed by atoms with Gasteiger partial charge in [0.2, 0.25) is 0 Å². The number of hydrogen-bond donors (Lipinski definition) is 2. The van der Waals surface area contributed by atoms with E-state index >= 15 is 0 Å². The fourth-order valence-corrected chi connectivity index (χ4v) is 5.76. The van der Waals surface area contributed by atoms with Crippen LogP contribution in [-0.2, 0) is 25.4 Å². The minimum Gasteiger partial charge on any atom is -0.399 e. The van der Waals surface area contributed by atoms with Crippen molar-refractivity contribution in [3.63, 3.8) is 0 Å². The number of thioether (sulfide) groups is 1. The van der Waals surface area contributed by atoms with E-state index in [1.165, 1.54) is 4.57 Å². The van der Waals surface area contributed by atoms with Crippen molar-refractivity contribution in [1.82, 2.24) is 4.57 Å². The number of nitrogens with two attached hydrogens (primary N) is 2. The second-order valence-corrected chi connectivity index (χ2v) is 10.2. The van der Waals surface area contributed by atoms with Gasteiger partial charge in [0.05, 0.1) is 16.6 Å². The van der Waals surface area contributed by atoms with Gasteiger partial charge in [-0.1, -0.05) is 24.3 Å². The number of para-hydroxylation sites is 1. The van der Waals surface area contributed by atoms with E-state index < -0.39 is 41.5 Å². The standard InChI is InChI=1S/C27H19F6N3O2S/c28-26(29,30)16-9-14(10-17(12-16)27(31,32)33)13-35-24(37)22-21(15-3-1-4-18(34)11-15)19-5-2-6-20-23(19)36(25(22)38)7-8-39-20/h1-6,9-12H,7-8,13,34H2,(H,35,37)/p+1. The molecule has 1 amide bonds. The maximum Gasteiger partial charge on any atom is 0.416 e. The maximum absolute atomic E-state index is 13.7. The number of primary amides is 1. The summed E-state index contributed by atoms with van der Waals surface area (Å²) in [6.45, 7) is -0.216. The van der Waals surface area contributed by atoms with Crippen LogP contribution in [0.1, 0.15) is 27.0 Å². The number of nitrogen functional groups attached to an aromatic ring is 1. The smallest absolute Gasteiger partial charge is 0.399 e. The molecule has 5 rings (SSSR count). The fraction of sp³-hybridized carbons (Fsp3) is 0.185. The molecule has 1 aromatic heterocycles. The Morgan fingerprint density at radius 1 is 0.949 bits per heavy atom. The summed E-state index contributed by atoms with van der Waals surface area (Å²) in [5.74, 6) is -0.219. The summed E-state index contributed by atoms with van der Waals surface area (Å²) in [5, 5.41) is 1.56. The molecular weight excluding hydrogens is 544 g/mol. The average Bonchev–Trinajstić information content (AvgIpc) is 2.88. The van der Waals surface area contributed by atoms with Gasteiger partial charge in [-0.3, -0.25) is 10.1 Å². The van der Waals surface area contributed by atoms with Crippen LogP contribution in [0, 0.1) is 0 Å². The van der Waals surface area contributed by atoms with Gasteiger partial charge in [-0.05, 0) is 42.0 Å². The van der Waals surface area contributed by atoms with Crippen LogP contribution < -0.4 is 16.6 Å². The minimum atomic E-state index is -5.02. The summed E-state index contributed by atoms with van der Waals surface area (Å²) in [4.78, 5) is 28.1. The molecule has 4 N–H and O–H groups in total. The Bertz CT molecular complexity index is 1650. The number of nitrogens with zero attached hydrogens (tertiary/aromatic N) is 1. The van der Waals surface area contributed by atoms with Crippen molar-refractivity contribution in [1.29, 1.82) is 0 Å². The number of aromatic nitrogens is 1. The highest BCUT2D eigenvalue weighted by Crippen LogP contribution is 2.38. The van der Waals surface area contributed by atoms with Crippen LogP contribution in [0.15, 0.2) is 70.4 Å². The van der Waals surface area contributed by atoms with Crippen molar-refractivity contribution in [3.8, 4) is 11.1 Å². The molecule has 0 atom stereocenters. The highest BCUT2D eigenvalue weighted by molar-refractivity contribution is 7.99. The van der Waals surface area contributed by atoms with Crippen molar-refractivity contribution >= 4 is 34.3 Å². The molecule has 12 heteroatoms. The van der Waals surface area contributed by atoms with E-state index in [0.29, 0.717) is 52.1 Å². The molecule has 0 spiro atoms. The lowest BCUT2D eigenvalue weighted by Crippen LogP contribution is -2.87. The minimum absolute atomic E-state index is 0.0271. The molecule has 0 saturated carbocycles. The maximum atomic E-state index is 13.7. The van der Waals surface area contributed by atoms with E-state index in [9.17, 15) is 35.9 Å². The number of quaternary nitrogens is 1. The largest absolute Gasteiger partial charge is 0.416 e. The first-order chi connectivity index (χ1) is 18.3. The summed E-state index contributed by atoms with van der Waals surface area (Å²) < 4.78 is 81.3. The summed E-state index contributed by atoms with van der Waals surface area (Å²) in [6.07, 6.45) is -10.0. The molecular formula is C27H20F6N3O2S+. The van der Waals surface area contributed by atoms with Gasteiger partial charge in [-0.15, -0.1) is 11.8 Å². The third kappa shape index (κ3) is 5.13. The number of hydrogen-bond acceptors (Lipinski definition) is 4. The summed E-state index contributed by atoms with van der Waals surface area (Å²) in [7, 11) is 0. The lowest BCUT2D eigenvalue weighted by atomic mass is 9.94. The van der Waals surface area contributed by atoms with E-state index in [1.807, 2.05) is 6.07 Å². The zero-order chi connectivity index (χ0) is 28.1. The molecule has 4 aromatic rings. The van der Waals surface area contributed by atoms with Gasteiger partial charge in [-0.25, -0.2) is 4.79 Å². The Balaban J connectivity index is 1.63. The van der Waals surface area contributed by atoms with E-state index in [1.54, 1.807) is 48.2 Å². The van der Waals surface area contributed by atoms with Crippen molar-refractivity contribution in [2.45, 2.75) is 30.3 Å². The van der Waals surface area contributed by atoms with Crippen molar-refractivity contribution in [3.05, 3.63) is 93.3 Å². The van der Waals surface area contributed by atoms with Crippen LogP contribution in [0.4, 0.5) is 32.0 Å². The summed E-state index contributed by atoms with van der Waals surface area (Å²) in [6, 6.07) is 13.2. The zero-order valence-electron chi connectivity index (χ0n) is 20.0. The molecule has 39 heavy (non-hydrogen) atoms. The molecule has 0 fully saturated rings. The third-order valence-corrected chi connectivity index (χ3v) is 7.44. The molecule has 0 radical (unpaired) electrons. The van der Waals surface area contributed by atoms with Gasteiger partial charge < -0.3 is 10.3 Å². The highest BCUT2D eigenvalue weighted by Gasteiger charge is 2.37. The van der Waals surface area contributed by atoms with Crippen LogP contribution in [0.5, 0.6) is 0 Å². The first kappa shape index (κ1) is 26.8. The molecule has 202 valence electrons. The van der Waals surface area contributed by atoms with Crippen LogP contribution >= 0.6 is 11.8 Å². The SMILES string of the molecule is Nc1cccc(-c2c(C(=O)[NH2+]Cc3cc(C(F)(F)F)cc(C(F)(F)F)c3)c(=O)n3c4c(cccc24)SCC3)c1. The molecule has 1 aliphatic rings. The van der Waals surface area contributed by atoms with E-state index in [4.69, 9.17) is 5.73 Å². The Labute approximate surface area is 221 Å². The Hall–Kier alpha value is -3.77. The average molecular weight is 565 g/mol. The van der Waals surface area contributed by atoms with E-state index in [0.717, 1.165) is 10.2 Å². The monoisotopic (exact) mass is 564 g/mol. The van der Waals surface area contributed by atoms with Crippen molar-refractivity contribution in [2.75, 3.05) is 11.5 Å². The molecule has 0 unspecified atom stereocenters. The number of anilines is 1. The van der Waals surface area contributed by atoms with Crippen molar-refractivity contribution in [2.24, 2.45) is 0 Å². The first-order valence-corrected chi connectivity index (χ1v) is 12.7. The van der Waals surface area contributed by atoms with E-state index in [2.05, 4.69) is 0 Å². The van der Waals surface area contributed by atoms with Crippen molar-refractivity contribution < 1.29 is 36.5 Å². The predicted molar refractivity (Wildman–Crippen MR) is 135 cm³/mol. The third-order valence-electron chi connectivity index (χ3n) is 6.41. The Morgan fingerprint density at radius 3 is 2.26 bits per heavy atom. The van der Waals surface area contributed by atoms with E-state index in [-0.39, 0.29) is 17.2 Å². The van der Waals surface area contributed by atoms with Crippen LogP contribution in [-0.4, -0.2) is 16.2 Å². The van der Waals surface area contributed by atoms with Crippen LogP contribution in [0.25, 0.3) is 22.0 Å². The normalized spacial score (nSPS) is 13.6. The second-order valence-electron chi connectivity index (χ2n) is 9.02. The molecule has 2 heterocycles. The van der Waals surface area contributed by atoms with Gasteiger partial charge in [-0.2, -0.15) is 26.3 Å². The molecule has 0 aliphatic carbocycles. The molecule has 0 saturated heterocycles. The number of carbonyl (C=O) groups excluding carboxylic acids is 1. The molecule has 1 aliphatic heterocycles. The number of pyridine rings is 1. The van der Waals surface area contributed by atoms with Gasteiger partial charge in [0.1, 0.15) is 6.54 Å². The molecule has 3 aromatic carbocycles. The first-order valence-electron chi connectivity index (χ1n) is 11.7. The van der Waals surface area contributed by atoms with Crippen LogP contribution in [0.2, 0.25) is 0 Å². The molecule has 0 bridgehead atoms. The quantitative estimate of drug-likeness (QED) is 0.261. The predicted octanol–water partition coefficient (Wildman–Crippen LogP) is 5.30. The lowest BCUT2D eigenvalue weighted by Gasteiger charge is -2.22. The number of carbonyl (C=O) groups is 1. The number of benzene rings is 3. The highest BCUT2D eigenvalue weighted by atomic mass is 32.2. The topological polar surface area (TPSA) is 81.7 Å². The number of alkyl halides is 6. The van der Waals surface area contributed by atoms with Gasteiger partial charge in [0, 0.05) is 39.4 Å². The summed E-state index contributed by atoms with van der Waals surface area (Å²) >= 11 is 1.56. The molecule has 5 nitrogen and oxygen atoms in total. The number of aryl methyl sites for hydroxylation is 1. The fourth-order valence-electron chi connectivity index (χ4n) is 4.73. The van der Waals surface area contributed by atoms with Gasteiger partial charge in [0.15, 0.2) is 5.56 Å². The zero-order valence-corrected chi connectivity index (χ0v) is 20.8. The Morgan fingerprint density at radius 2 is 1.62 bits per heavy atom. The second kappa shape index (κ2) is 9.76. The van der Waals surface area contributed by atoms with Gasteiger partial charge >= 0.3 is 18.3 Å². The van der Waals surface area contributed by atoms with Gasteiger partial charge in [0.25, 0.3) is 5.56 Å². The summed E-state index contributed by atoms with van der Waals surface area (Å²) in [5.41, 5.74) is 3.67. The Kier molecular flexibility index (Phi) is 6.71. The van der Waals surface area contributed by atoms with Crippen LogP contribution in [0.3, 0.4) is 0 Å². The number of amides is 1.